The molecule has 4 N–H and O–H groups in total. The van der Waals surface area contributed by atoms with Crippen LogP contribution in [-0.4, -0.2) is 24.7 Å². The Balaban J connectivity index is 2.44. The number of fused-ring (bicyclic) bond motifs is 1. The van der Waals surface area contributed by atoms with E-state index in [-0.39, 0.29) is 17.3 Å². The average Bonchev–Trinajstić information content (AvgIpc) is 2.83. The van der Waals surface area contributed by atoms with E-state index in [2.05, 4.69) is 9.97 Å². The maximum absolute atomic E-state index is 9.80. The van der Waals surface area contributed by atoms with Gasteiger partial charge in [0.2, 0.25) is 0 Å². The van der Waals surface area contributed by atoms with Gasteiger partial charge in [0, 0.05) is 29.9 Å². The number of rotatable bonds is 1. The zero-order chi connectivity index (χ0) is 12.7. The number of aromatic nitrogens is 3. The lowest BCUT2D eigenvalue weighted by Gasteiger charge is -2.09. The van der Waals surface area contributed by atoms with Crippen LogP contribution in [0.4, 0.5) is 5.82 Å². The third-order valence-corrected chi connectivity index (χ3v) is 2.66. The van der Waals surface area contributed by atoms with E-state index in [9.17, 15) is 10.2 Å². The van der Waals surface area contributed by atoms with Gasteiger partial charge in [-0.25, -0.2) is 9.97 Å². The van der Waals surface area contributed by atoms with E-state index in [1.807, 2.05) is 0 Å². The van der Waals surface area contributed by atoms with Gasteiger partial charge in [-0.15, -0.1) is 0 Å². The predicted molar refractivity (Wildman–Crippen MR) is 66.6 cm³/mol. The molecule has 0 radical (unpaired) electrons. The molecule has 0 saturated carbocycles. The number of phenolic OH excluding ortho intramolecular Hbond substituents is 2. The molecular weight excluding hydrogens is 232 g/mol. The third-order valence-electron chi connectivity index (χ3n) is 2.66. The third kappa shape index (κ3) is 1.51. The van der Waals surface area contributed by atoms with Crippen molar-refractivity contribution < 1.29 is 10.2 Å². The molecule has 0 saturated heterocycles. The Bertz CT molecular complexity index is 723. The first-order valence-electron chi connectivity index (χ1n) is 5.25. The van der Waals surface area contributed by atoms with Crippen LogP contribution in [0, 0.1) is 0 Å². The first-order valence-corrected chi connectivity index (χ1v) is 5.25. The lowest BCUT2D eigenvalue weighted by Crippen LogP contribution is -1.98. The summed E-state index contributed by atoms with van der Waals surface area (Å²) >= 11 is 0. The number of hydrogen-bond acceptors (Lipinski definition) is 5. The second kappa shape index (κ2) is 3.63. The number of nitrogens with two attached hydrogens (primary N) is 1. The zero-order valence-corrected chi connectivity index (χ0v) is 9.28. The fourth-order valence-corrected chi connectivity index (χ4v) is 1.91. The monoisotopic (exact) mass is 242 g/mol. The van der Waals surface area contributed by atoms with Gasteiger partial charge in [-0.05, 0) is 6.07 Å². The summed E-state index contributed by atoms with van der Waals surface area (Å²) in [5.74, 6) is 0.138. The van der Waals surface area contributed by atoms with Crippen molar-refractivity contribution in [3.8, 4) is 17.2 Å². The highest BCUT2D eigenvalue weighted by atomic mass is 16.3. The minimum absolute atomic E-state index is 0.0343. The van der Waals surface area contributed by atoms with Crippen molar-refractivity contribution in [3.05, 3.63) is 36.9 Å². The number of nitrogen functional groups attached to an aromatic ring is 1. The average molecular weight is 242 g/mol. The van der Waals surface area contributed by atoms with Crippen molar-refractivity contribution in [1.82, 2.24) is 14.5 Å². The maximum atomic E-state index is 9.80. The highest BCUT2D eigenvalue weighted by Crippen LogP contribution is 2.32. The molecule has 0 spiro atoms. The second-order valence-electron chi connectivity index (χ2n) is 3.90. The van der Waals surface area contributed by atoms with E-state index in [0.717, 1.165) is 0 Å². The van der Waals surface area contributed by atoms with E-state index < -0.39 is 0 Å². The van der Waals surface area contributed by atoms with Gasteiger partial charge in [0.1, 0.15) is 22.8 Å². The van der Waals surface area contributed by atoms with Crippen molar-refractivity contribution in [2.75, 3.05) is 5.73 Å². The highest BCUT2D eigenvalue weighted by Gasteiger charge is 2.11. The number of pyridine rings is 1. The molecule has 90 valence electrons. The number of imidazole rings is 1. The SMILES string of the molecule is Nc1cc(-n2ccnc2)c2cc(O)cc(O)c2n1. The molecular formula is C12H10N4O2. The van der Waals surface area contributed by atoms with Crippen LogP contribution in [0.1, 0.15) is 0 Å². The molecule has 0 amide bonds. The Morgan fingerprint density at radius 2 is 2.00 bits per heavy atom. The Labute approximate surface area is 102 Å². The summed E-state index contributed by atoms with van der Waals surface area (Å²) in [6.07, 6.45) is 4.98. The summed E-state index contributed by atoms with van der Waals surface area (Å²) in [6, 6.07) is 4.41. The second-order valence-corrected chi connectivity index (χ2v) is 3.90. The highest BCUT2D eigenvalue weighted by molar-refractivity contribution is 5.93. The number of anilines is 1. The van der Waals surface area contributed by atoms with Gasteiger partial charge in [0.25, 0.3) is 0 Å². The Morgan fingerprint density at radius 3 is 2.72 bits per heavy atom. The maximum Gasteiger partial charge on any atom is 0.145 e. The number of aromatic hydroxyl groups is 2. The molecule has 0 bridgehead atoms. The predicted octanol–water partition coefficient (Wildman–Crippen LogP) is 1.41. The van der Waals surface area contributed by atoms with E-state index >= 15 is 0 Å². The fourth-order valence-electron chi connectivity index (χ4n) is 1.91. The molecule has 0 fully saturated rings. The van der Waals surface area contributed by atoms with Crippen LogP contribution in [-0.2, 0) is 0 Å². The lowest BCUT2D eigenvalue weighted by molar-refractivity contribution is 0.454. The van der Waals surface area contributed by atoms with Crippen LogP contribution in [0.5, 0.6) is 11.5 Å². The molecule has 0 atom stereocenters. The fraction of sp³-hybridized carbons (Fsp3) is 0. The summed E-state index contributed by atoms with van der Waals surface area (Å²) in [7, 11) is 0. The van der Waals surface area contributed by atoms with Crippen LogP contribution >= 0.6 is 0 Å². The van der Waals surface area contributed by atoms with Crippen LogP contribution in [0.2, 0.25) is 0 Å². The molecule has 6 nitrogen and oxygen atoms in total. The van der Waals surface area contributed by atoms with Crippen molar-refractivity contribution >= 4 is 16.7 Å². The normalized spacial score (nSPS) is 10.9. The van der Waals surface area contributed by atoms with Crippen molar-refractivity contribution in [2.45, 2.75) is 0 Å². The van der Waals surface area contributed by atoms with E-state index in [1.54, 1.807) is 29.4 Å². The first kappa shape index (κ1) is 10.4. The van der Waals surface area contributed by atoms with E-state index in [0.29, 0.717) is 16.6 Å². The van der Waals surface area contributed by atoms with Gasteiger partial charge in [-0.3, -0.25) is 0 Å². The van der Waals surface area contributed by atoms with Gasteiger partial charge in [0.05, 0.1) is 12.0 Å². The molecule has 0 unspecified atom stereocenters. The Morgan fingerprint density at radius 1 is 1.17 bits per heavy atom. The van der Waals surface area contributed by atoms with Crippen LogP contribution in [0.3, 0.4) is 0 Å². The number of phenols is 2. The van der Waals surface area contributed by atoms with E-state index in [1.165, 1.54) is 12.1 Å². The first-order chi connectivity index (χ1) is 8.65. The number of nitrogens with zero attached hydrogens (tertiary/aromatic N) is 3. The molecule has 18 heavy (non-hydrogen) atoms. The largest absolute Gasteiger partial charge is 0.508 e. The number of hydrogen-bond donors (Lipinski definition) is 3. The minimum atomic E-state index is -0.112. The molecule has 0 aliphatic rings. The molecule has 0 aliphatic heterocycles. The van der Waals surface area contributed by atoms with Crippen molar-refractivity contribution in [1.29, 1.82) is 0 Å². The summed E-state index contributed by atoms with van der Waals surface area (Å²) in [4.78, 5) is 8.03. The molecule has 3 rings (SSSR count). The van der Waals surface area contributed by atoms with Gasteiger partial charge in [-0.2, -0.15) is 0 Å². The topological polar surface area (TPSA) is 97.2 Å². The Kier molecular flexibility index (Phi) is 2.09. The molecule has 6 heteroatoms. The molecule has 0 aliphatic carbocycles. The zero-order valence-electron chi connectivity index (χ0n) is 9.28. The lowest BCUT2D eigenvalue weighted by atomic mass is 10.1. The summed E-state index contributed by atoms with van der Waals surface area (Å²) in [5.41, 5.74) is 6.76. The van der Waals surface area contributed by atoms with Crippen molar-refractivity contribution in [2.24, 2.45) is 0 Å². The molecule has 3 aromatic rings. The van der Waals surface area contributed by atoms with Crippen molar-refractivity contribution in [3.63, 3.8) is 0 Å². The van der Waals surface area contributed by atoms with Gasteiger partial charge in [-0.1, -0.05) is 0 Å². The smallest absolute Gasteiger partial charge is 0.145 e. The van der Waals surface area contributed by atoms with Gasteiger partial charge >= 0.3 is 0 Å². The van der Waals surface area contributed by atoms with Crippen LogP contribution < -0.4 is 5.73 Å². The molecule has 2 aromatic heterocycles. The van der Waals surface area contributed by atoms with Crippen LogP contribution in [0.25, 0.3) is 16.6 Å². The Hall–Kier alpha value is -2.76. The number of benzene rings is 1. The summed E-state index contributed by atoms with van der Waals surface area (Å²) < 4.78 is 1.74. The van der Waals surface area contributed by atoms with Gasteiger partial charge < -0.3 is 20.5 Å². The van der Waals surface area contributed by atoms with Crippen LogP contribution in [0.15, 0.2) is 36.9 Å². The van der Waals surface area contributed by atoms with E-state index in [4.69, 9.17) is 5.73 Å². The summed E-state index contributed by atoms with van der Waals surface area (Å²) in [5, 5.41) is 20.0. The quantitative estimate of drug-likeness (QED) is 0.599. The minimum Gasteiger partial charge on any atom is -0.508 e. The standard InChI is InChI=1S/C12H10N4O2/c13-11-5-9(16-2-1-14-6-16)8-3-7(17)4-10(18)12(8)15-11/h1-6,17-18H,(H2,13,15). The molecule has 2 heterocycles. The molecule has 1 aromatic carbocycles. The summed E-state index contributed by atoms with van der Waals surface area (Å²) in [6.45, 7) is 0. The van der Waals surface area contributed by atoms with Gasteiger partial charge in [0.15, 0.2) is 0 Å².